The molecule has 0 bridgehead atoms. The average Bonchev–Trinajstić information content (AvgIpc) is 2.70. The Morgan fingerprint density at radius 3 is 2.82 bits per heavy atom. The van der Waals surface area contributed by atoms with Crippen molar-refractivity contribution < 1.29 is 0 Å². The molecule has 0 saturated heterocycles. The first-order valence-corrected chi connectivity index (χ1v) is 5.51. The van der Waals surface area contributed by atoms with Crippen LogP contribution in [0.2, 0.25) is 0 Å². The van der Waals surface area contributed by atoms with Gasteiger partial charge in [0.2, 0.25) is 0 Å². The van der Waals surface area contributed by atoms with Gasteiger partial charge in [-0.25, -0.2) is 0 Å². The van der Waals surface area contributed by atoms with E-state index in [0.29, 0.717) is 5.36 Å². The molecule has 0 atom stereocenters. The van der Waals surface area contributed by atoms with E-state index >= 15 is 0 Å². The molecule has 0 fully saturated rings. The predicted molar refractivity (Wildman–Crippen MR) is 68.1 cm³/mol. The summed E-state index contributed by atoms with van der Waals surface area (Å²) in [5.41, 5.74) is 2.04. The zero-order valence-electron chi connectivity index (χ0n) is 8.99. The van der Waals surface area contributed by atoms with Crippen LogP contribution in [0.5, 0.6) is 0 Å². The highest BCUT2D eigenvalue weighted by atomic mass is 14.8. The van der Waals surface area contributed by atoms with Gasteiger partial charge in [-0.15, -0.1) is 0 Å². The van der Waals surface area contributed by atoms with Crippen LogP contribution < -0.4 is 5.36 Å². The van der Waals surface area contributed by atoms with Gasteiger partial charge >= 0.3 is 0 Å². The van der Waals surface area contributed by atoms with Crippen LogP contribution in [-0.4, -0.2) is 9.97 Å². The molecule has 0 unspecified atom stereocenters. The smallest absolute Gasteiger partial charge is 0.0950 e. The van der Waals surface area contributed by atoms with Gasteiger partial charge in [0.25, 0.3) is 0 Å². The minimum absolute atomic E-state index is 0.568. The first-order chi connectivity index (χ1) is 8.36. The number of benzene rings is 2. The van der Waals surface area contributed by atoms with Gasteiger partial charge in [-0.2, -0.15) is 0 Å². The fraction of sp³-hybridized carbons (Fsp3) is 0. The molecule has 17 heavy (non-hydrogen) atoms. The fourth-order valence-corrected chi connectivity index (χ4v) is 2.59. The normalized spacial score (nSPS) is 11.8. The van der Waals surface area contributed by atoms with E-state index in [-0.39, 0.29) is 0 Å². The Bertz CT molecular complexity index is 871. The number of aromatic amines is 1. The molecule has 0 aliphatic rings. The van der Waals surface area contributed by atoms with Gasteiger partial charge in [0.1, 0.15) is 0 Å². The van der Waals surface area contributed by atoms with E-state index in [1.165, 1.54) is 0 Å². The van der Waals surface area contributed by atoms with Crippen molar-refractivity contribution >= 4 is 32.6 Å². The Balaban J connectivity index is 2.54. The van der Waals surface area contributed by atoms with Crippen LogP contribution in [0.1, 0.15) is 0 Å². The largest absolute Gasteiger partial charge is 0.358 e. The predicted octanol–water partition coefficient (Wildman–Crippen LogP) is 2.79. The van der Waals surface area contributed by atoms with Gasteiger partial charge in [0, 0.05) is 33.9 Å². The van der Waals surface area contributed by atoms with E-state index < -0.39 is 0 Å². The number of nitrogens with one attached hydrogen (secondary N) is 2. The van der Waals surface area contributed by atoms with Gasteiger partial charge in [-0.05, 0) is 6.07 Å². The van der Waals surface area contributed by atoms with Crippen LogP contribution in [0.15, 0.2) is 42.7 Å². The summed E-state index contributed by atoms with van der Waals surface area (Å²) in [5.74, 6) is 0. The third-order valence-corrected chi connectivity index (χ3v) is 3.31. The van der Waals surface area contributed by atoms with Gasteiger partial charge < -0.3 is 10.4 Å². The molecule has 0 aliphatic heterocycles. The molecule has 0 amide bonds. The van der Waals surface area contributed by atoms with Gasteiger partial charge in [-0.1, -0.05) is 24.3 Å². The molecule has 0 radical (unpaired) electrons. The minimum Gasteiger partial charge on any atom is -0.358 e. The van der Waals surface area contributed by atoms with Gasteiger partial charge in [0.05, 0.1) is 16.4 Å². The summed E-state index contributed by atoms with van der Waals surface area (Å²) in [6.07, 6.45) is 3.61. The molecule has 4 rings (SSSR count). The van der Waals surface area contributed by atoms with Crippen LogP contribution >= 0.6 is 0 Å². The van der Waals surface area contributed by atoms with Crippen LogP contribution in [0.4, 0.5) is 0 Å². The zero-order chi connectivity index (χ0) is 11.4. The summed E-state index contributed by atoms with van der Waals surface area (Å²) in [5, 5.41) is 12.9. The summed E-state index contributed by atoms with van der Waals surface area (Å²) in [6, 6.07) is 9.90. The third-order valence-electron chi connectivity index (χ3n) is 3.31. The fourth-order valence-electron chi connectivity index (χ4n) is 2.59. The van der Waals surface area contributed by atoms with Gasteiger partial charge in [-0.3, -0.25) is 4.98 Å². The highest BCUT2D eigenvalue weighted by molar-refractivity contribution is 6.27. The first kappa shape index (κ1) is 8.70. The lowest BCUT2D eigenvalue weighted by atomic mass is 10.1. The SMILES string of the molecule is N=c1ccc2c3[nH]ccnc3c3cccc1c32. The summed E-state index contributed by atoms with van der Waals surface area (Å²) in [6.45, 7) is 0. The molecule has 4 aromatic rings. The Kier molecular flexibility index (Phi) is 1.45. The van der Waals surface area contributed by atoms with Crippen LogP contribution in [-0.2, 0) is 0 Å². The summed E-state index contributed by atoms with van der Waals surface area (Å²) in [4.78, 5) is 7.69. The summed E-state index contributed by atoms with van der Waals surface area (Å²) < 4.78 is 0. The van der Waals surface area contributed by atoms with E-state index in [9.17, 15) is 0 Å². The average molecular weight is 219 g/mol. The van der Waals surface area contributed by atoms with Crippen molar-refractivity contribution in [2.75, 3.05) is 0 Å². The molecule has 0 aliphatic carbocycles. The monoisotopic (exact) mass is 219 g/mol. The minimum atomic E-state index is 0.568. The van der Waals surface area contributed by atoms with Crippen molar-refractivity contribution in [1.82, 2.24) is 9.97 Å². The van der Waals surface area contributed by atoms with E-state index in [1.54, 1.807) is 6.20 Å². The first-order valence-electron chi connectivity index (χ1n) is 5.51. The van der Waals surface area contributed by atoms with E-state index in [2.05, 4.69) is 16.0 Å². The molecule has 2 N–H and O–H groups in total. The summed E-state index contributed by atoms with van der Waals surface area (Å²) >= 11 is 0. The summed E-state index contributed by atoms with van der Waals surface area (Å²) in [7, 11) is 0. The van der Waals surface area contributed by atoms with E-state index in [0.717, 1.165) is 32.6 Å². The molecule has 80 valence electrons. The lowest BCUT2D eigenvalue weighted by Crippen LogP contribution is -1.97. The standard InChI is InChI=1S/C14H9N3/c15-11-5-4-10-12-8(11)2-1-3-9(12)13-14(10)17-7-6-16-13/h1-7,15,17H. The molecule has 0 saturated carbocycles. The van der Waals surface area contributed by atoms with Crippen molar-refractivity contribution in [3.05, 3.63) is 48.1 Å². The molecule has 3 nitrogen and oxygen atoms in total. The third kappa shape index (κ3) is 0.959. The number of fused-ring (bicyclic) bond motifs is 3. The highest BCUT2D eigenvalue weighted by Gasteiger charge is 2.12. The molecule has 3 aromatic carbocycles. The Labute approximate surface area is 96.6 Å². The van der Waals surface area contributed by atoms with Crippen molar-refractivity contribution in [1.29, 1.82) is 5.41 Å². The number of H-pyrrole nitrogens is 1. The molecule has 0 spiro atoms. The second-order valence-corrected chi connectivity index (χ2v) is 4.20. The van der Waals surface area contributed by atoms with Crippen molar-refractivity contribution in [3.8, 4) is 0 Å². The Morgan fingerprint density at radius 1 is 1.00 bits per heavy atom. The van der Waals surface area contributed by atoms with Gasteiger partial charge in [0.15, 0.2) is 0 Å². The maximum atomic E-state index is 7.96. The highest BCUT2D eigenvalue weighted by Crippen LogP contribution is 2.33. The van der Waals surface area contributed by atoms with Crippen molar-refractivity contribution in [2.24, 2.45) is 0 Å². The second-order valence-electron chi connectivity index (χ2n) is 4.20. The second kappa shape index (κ2) is 2.83. The van der Waals surface area contributed by atoms with Crippen molar-refractivity contribution in [2.45, 2.75) is 0 Å². The van der Waals surface area contributed by atoms with E-state index in [4.69, 9.17) is 5.41 Å². The van der Waals surface area contributed by atoms with Crippen LogP contribution in [0.3, 0.4) is 0 Å². The molecule has 3 heteroatoms. The van der Waals surface area contributed by atoms with Crippen LogP contribution in [0.25, 0.3) is 32.6 Å². The number of nitrogens with zero attached hydrogens (tertiary/aromatic N) is 1. The maximum absolute atomic E-state index is 7.96. The number of hydrogen-bond donors (Lipinski definition) is 2. The molecule has 1 aromatic heterocycles. The van der Waals surface area contributed by atoms with E-state index in [1.807, 2.05) is 30.5 Å². The maximum Gasteiger partial charge on any atom is 0.0950 e. The lowest BCUT2D eigenvalue weighted by Gasteiger charge is -1.97. The quantitative estimate of drug-likeness (QED) is 0.469. The molecule has 1 heterocycles. The Morgan fingerprint density at radius 2 is 1.88 bits per heavy atom. The number of hydrogen-bond acceptors (Lipinski definition) is 2. The molecular weight excluding hydrogens is 210 g/mol. The zero-order valence-corrected chi connectivity index (χ0v) is 8.99. The molecular formula is C14H9N3. The number of aromatic nitrogens is 2. The number of rotatable bonds is 0. The lowest BCUT2D eigenvalue weighted by molar-refractivity contribution is 1.31. The topological polar surface area (TPSA) is 52.5 Å². The Hall–Kier alpha value is -2.42. The van der Waals surface area contributed by atoms with Crippen LogP contribution in [0, 0.1) is 5.41 Å². The van der Waals surface area contributed by atoms with Crippen molar-refractivity contribution in [3.63, 3.8) is 0 Å².